The van der Waals surface area contributed by atoms with Crippen LogP contribution in [-0.2, 0) is 0 Å². The predicted molar refractivity (Wildman–Crippen MR) is 86.3 cm³/mol. The molecule has 0 unspecified atom stereocenters. The highest BCUT2D eigenvalue weighted by Gasteiger charge is 2.12. The number of hydrogen-bond acceptors (Lipinski definition) is 5. The van der Waals surface area contributed by atoms with Crippen molar-refractivity contribution in [3.63, 3.8) is 0 Å². The van der Waals surface area contributed by atoms with Gasteiger partial charge in [0.05, 0.1) is 11.4 Å². The molecule has 1 amide bonds. The Labute approximate surface area is 131 Å². The highest BCUT2D eigenvalue weighted by molar-refractivity contribution is 6.00. The Kier molecular flexibility index (Phi) is 3.92. The summed E-state index contributed by atoms with van der Waals surface area (Å²) in [6.07, 6.45) is 3.20. The topological polar surface area (TPSA) is 100 Å². The van der Waals surface area contributed by atoms with Gasteiger partial charge in [0.2, 0.25) is 0 Å². The van der Waals surface area contributed by atoms with Crippen molar-refractivity contribution in [3.05, 3.63) is 70.4 Å². The van der Waals surface area contributed by atoms with Crippen LogP contribution in [0.3, 0.4) is 0 Å². The number of H-pyrrole nitrogens is 1. The standard InChI is InChI=1S/C16H13N5O2/c1-10(13-6-2-3-7-17-13)20-21-16(23)12-9-11-5-4-8-18-14(11)19-15(12)22/h2-9H,1H3,(H,21,23)(H,18,19,22)/b20-10+. The molecule has 7 nitrogen and oxygen atoms in total. The number of hydrazone groups is 1. The van der Waals surface area contributed by atoms with Crippen LogP contribution in [0.5, 0.6) is 0 Å². The summed E-state index contributed by atoms with van der Waals surface area (Å²) in [5, 5.41) is 4.65. The van der Waals surface area contributed by atoms with E-state index in [1.54, 1.807) is 43.6 Å². The molecule has 23 heavy (non-hydrogen) atoms. The molecule has 0 spiro atoms. The van der Waals surface area contributed by atoms with Crippen LogP contribution in [0.4, 0.5) is 0 Å². The molecular weight excluding hydrogens is 294 g/mol. The zero-order chi connectivity index (χ0) is 16.2. The smallest absolute Gasteiger partial charge is 0.276 e. The fraction of sp³-hybridized carbons (Fsp3) is 0.0625. The van der Waals surface area contributed by atoms with Crippen LogP contribution in [-0.4, -0.2) is 26.6 Å². The molecule has 3 aromatic heterocycles. The van der Waals surface area contributed by atoms with Crippen molar-refractivity contribution >= 4 is 22.7 Å². The number of nitrogens with one attached hydrogen (secondary N) is 2. The Morgan fingerprint density at radius 1 is 1.17 bits per heavy atom. The highest BCUT2D eigenvalue weighted by atomic mass is 16.2. The molecule has 0 saturated heterocycles. The second kappa shape index (κ2) is 6.18. The lowest BCUT2D eigenvalue weighted by molar-refractivity contribution is 0.0953. The first-order valence-corrected chi connectivity index (χ1v) is 6.89. The van der Waals surface area contributed by atoms with Crippen molar-refractivity contribution in [1.29, 1.82) is 0 Å². The molecule has 3 aromatic rings. The third-order valence-corrected chi connectivity index (χ3v) is 3.22. The van der Waals surface area contributed by atoms with Gasteiger partial charge in [-0.1, -0.05) is 6.07 Å². The fourth-order valence-corrected chi connectivity index (χ4v) is 2.03. The number of fused-ring (bicyclic) bond motifs is 1. The van der Waals surface area contributed by atoms with E-state index in [0.717, 1.165) is 0 Å². The van der Waals surface area contributed by atoms with Gasteiger partial charge >= 0.3 is 0 Å². The molecule has 0 atom stereocenters. The first kappa shape index (κ1) is 14.6. The molecule has 0 radical (unpaired) electrons. The number of carbonyl (C=O) groups excluding carboxylic acids is 1. The van der Waals surface area contributed by atoms with Crippen molar-refractivity contribution in [2.24, 2.45) is 5.10 Å². The average molecular weight is 307 g/mol. The summed E-state index contributed by atoms with van der Waals surface area (Å²) in [6.45, 7) is 1.72. The van der Waals surface area contributed by atoms with E-state index >= 15 is 0 Å². The van der Waals surface area contributed by atoms with Crippen LogP contribution >= 0.6 is 0 Å². The lowest BCUT2D eigenvalue weighted by atomic mass is 10.2. The van der Waals surface area contributed by atoms with E-state index in [4.69, 9.17) is 0 Å². The Morgan fingerprint density at radius 2 is 2.00 bits per heavy atom. The molecule has 114 valence electrons. The number of carbonyl (C=O) groups is 1. The van der Waals surface area contributed by atoms with Gasteiger partial charge in [-0.05, 0) is 37.3 Å². The zero-order valence-corrected chi connectivity index (χ0v) is 12.3. The van der Waals surface area contributed by atoms with Crippen molar-refractivity contribution in [3.8, 4) is 0 Å². The molecule has 0 aromatic carbocycles. The molecule has 3 rings (SSSR count). The zero-order valence-electron chi connectivity index (χ0n) is 12.3. The molecule has 0 saturated carbocycles. The monoisotopic (exact) mass is 307 g/mol. The SMILES string of the molecule is C/C(=N\NC(=O)c1cc2cccnc2[nH]c1=O)c1ccccn1. The third kappa shape index (κ3) is 3.13. The average Bonchev–Trinajstić information content (AvgIpc) is 2.59. The van der Waals surface area contributed by atoms with Gasteiger partial charge in [-0.25, -0.2) is 10.4 Å². The Hall–Kier alpha value is -3.35. The van der Waals surface area contributed by atoms with Gasteiger partial charge < -0.3 is 4.98 Å². The maximum atomic E-state index is 12.2. The molecule has 2 N–H and O–H groups in total. The lowest BCUT2D eigenvalue weighted by Gasteiger charge is -2.03. The van der Waals surface area contributed by atoms with E-state index < -0.39 is 11.5 Å². The summed E-state index contributed by atoms with van der Waals surface area (Å²) in [4.78, 5) is 34.9. The summed E-state index contributed by atoms with van der Waals surface area (Å²) in [5.74, 6) is -0.590. The van der Waals surface area contributed by atoms with E-state index in [2.05, 4.69) is 25.5 Å². The van der Waals surface area contributed by atoms with Crippen LogP contribution in [0.25, 0.3) is 11.0 Å². The Bertz CT molecular complexity index is 947. The van der Waals surface area contributed by atoms with E-state index in [1.165, 1.54) is 6.07 Å². The molecular formula is C16H13N5O2. The molecule has 0 aliphatic carbocycles. The maximum Gasteiger partial charge on any atom is 0.276 e. The highest BCUT2D eigenvalue weighted by Crippen LogP contribution is 2.07. The second-order valence-corrected chi connectivity index (χ2v) is 4.81. The maximum absolute atomic E-state index is 12.2. The van der Waals surface area contributed by atoms with E-state index in [1.807, 2.05) is 6.07 Å². The summed E-state index contributed by atoms with van der Waals surface area (Å²) in [6, 6.07) is 10.4. The van der Waals surface area contributed by atoms with Gasteiger partial charge in [-0.2, -0.15) is 5.10 Å². The van der Waals surface area contributed by atoms with Gasteiger partial charge in [0.25, 0.3) is 11.5 Å². The number of nitrogens with zero attached hydrogens (tertiary/aromatic N) is 3. The summed E-state index contributed by atoms with van der Waals surface area (Å²) in [5.41, 5.74) is 3.45. The van der Waals surface area contributed by atoms with Crippen molar-refractivity contribution < 1.29 is 4.79 Å². The van der Waals surface area contributed by atoms with Gasteiger partial charge in [0.15, 0.2) is 0 Å². The molecule has 0 aliphatic heterocycles. The van der Waals surface area contributed by atoms with Crippen molar-refractivity contribution in [2.75, 3.05) is 0 Å². The molecule has 0 bridgehead atoms. The van der Waals surface area contributed by atoms with Crippen molar-refractivity contribution in [1.82, 2.24) is 20.4 Å². The van der Waals surface area contributed by atoms with Gasteiger partial charge in [-0.3, -0.25) is 14.6 Å². The minimum absolute atomic E-state index is 0.0249. The number of pyridine rings is 3. The minimum Gasteiger partial charge on any atom is -0.306 e. The largest absolute Gasteiger partial charge is 0.306 e. The number of rotatable bonds is 3. The molecule has 3 heterocycles. The summed E-state index contributed by atoms with van der Waals surface area (Å²) in [7, 11) is 0. The minimum atomic E-state index is -0.590. The fourth-order valence-electron chi connectivity index (χ4n) is 2.03. The lowest BCUT2D eigenvalue weighted by Crippen LogP contribution is -2.27. The first-order valence-electron chi connectivity index (χ1n) is 6.89. The summed E-state index contributed by atoms with van der Waals surface area (Å²) < 4.78 is 0. The van der Waals surface area contributed by atoms with Crippen molar-refractivity contribution in [2.45, 2.75) is 6.92 Å². The number of amides is 1. The molecule has 7 heteroatoms. The van der Waals surface area contributed by atoms with E-state index in [0.29, 0.717) is 22.4 Å². The van der Waals surface area contributed by atoms with Gasteiger partial charge in [-0.15, -0.1) is 0 Å². The normalized spacial score (nSPS) is 11.4. The van der Waals surface area contributed by atoms with Gasteiger partial charge in [0.1, 0.15) is 11.2 Å². The first-order chi connectivity index (χ1) is 11.1. The van der Waals surface area contributed by atoms with Crippen LogP contribution in [0.2, 0.25) is 0 Å². The van der Waals surface area contributed by atoms with Crippen LogP contribution in [0.15, 0.2) is 58.7 Å². The third-order valence-electron chi connectivity index (χ3n) is 3.22. The Balaban J connectivity index is 1.86. The summed E-state index contributed by atoms with van der Waals surface area (Å²) >= 11 is 0. The number of aromatic nitrogens is 3. The van der Waals surface area contributed by atoms with Crippen LogP contribution in [0.1, 0.15) is 23.0 Å². The van der Waals surface area contributed by atoms with Crippen LogP contribution in [0, 0.1) is 0 Å². The molecule has 0 aliphatic rings. The quantitative estimate of drug-likeness (QED) is 0.565. The Morgan fingerprint density at radius 3 is 2.78 bits per heavy atom. The molecule has 0 fully saturated rings. The number of aromatic amines is 1. The van der Waals surface area contributed by atoms with E-state index in [-0.39, 0.29) is 5.56 Å². The second-order valence-electron chi connectivity index (χ2n) is 4.81. The van der Waals surface area contributed by atoms with Gasteiger partial charge in [0, 0.05) is 17.8 Å². The number of hydrogen-bond donors (Lipinski definition) is 2. The van der Waals surface area contributed by atoms with E-state index in [9.17, 15) is 9.59 Å². The van der Waals surface area contributed by atoms with Crippen LogP contribution < -0.4 is 11.0 Å². The predicted octanol–water partition coefficient (Wildman–Crippen LogP) is 1.47.